The Morgan fingerprint density at radius 1 is 1.32 bits per heavy atom. The van der Waals surface area contributed by atoms with Gasteiger partial charge in [-0.05, 0) is 37.1 Å². The van der Waals surface area contributed by atoms with Crippen molar-refractivity contribution in [3.8, 4) is 17.9 Å². The number of ether oxygens (including phenoxy) is 1. The van der Waals surface area contributed by atoms with E-state index in [4.69, 9.17) is 5.26 Å². The van der Waals surface area contributed by atoms with Gasteiger partial charge in [-0.2, -0.15) is 5.26 Å². The molecule has 0 radical (unpaired) electrons. The molecule has 0 aliphatic carbocycles. The standard InChI is InChI=1S/C16H15NO2/c1-19-16(18)8-6-4-2-3-5-7-14-9-11-15(13-17)12-10-14/h6,8-12H,2-4H2,1H3/b8-6+. The van der Waals surface area contributed by atoms with E-state index in [1.807, 2.05) is 12.1 Å². The topological polar surface area (TPSA) is 50.1 Å². The first-order valence-electron chi connectivity index (χ1n) is 6.00. The normalized spacial score (nSPS) is 9.47. The van der Waals surface area contributed by atoms with Gasteiger partial charge < -0.3 is 4.74 Å². The second-order valence-electron chi connectivity index (χ2n) is 3.81. The highest BCUT2D eigenvalue weighted by Crippen LogP contribution is 2.02. The predicted molar refractivity (Wildman–Crippen MR) is 73.0 cm³/mol. The molecule has 0 heterocycles. The van der Waals surface area contributed by atoms with Crippen molar-refractivity contribution < 1.29 is 9.53 Å². The van der Waals surface area contributed by atoms with Crippen LogP contribution in [0.2, 0.25) is 0 Å². The van der Waals surface area contributed by atoms with E-state index in [2.05, 4.69) is 22.6 Å². The molecule has 0 bridgehead atoms. The van der Waals surface area contributed by atoms with Gasteiger partial charge in [-0.25, -0.2) is 4.79 Å². The largest absolute Gasteiger partial charge is 0.466 e. The molecular weight excluding hydrogens is 238 g/mol. The Hall–Kier alpha value is -2.52. The number of hydrogen-bond acceptors (Lipinski definition) is 3. The van der Waals surface area contributed by atoms with E-state index in [0.717, 1.165) is 24.8 Å². The van der Waals surface area contributed by atoms with Gasteiger partial charge >= 0.3 is 5.97 Å². The van der Waals surface area contributed by atoms with E-state index in [9.17, 15) is 4.79 Å². The van der Waals surface area contributed by atoms with E-state index < -0.39 is 0 Å². The van der Waals surface area contributed by atoms with Crippen molar-refractivity contribution in [2.45, 2.75) is 19.3 Å². The van der Waals surface area contributed by atoms with Crippen LogP contribution in [0.25, 0.3) is 0 Å². The highest BCUT2D eigenvalue weighted by molar-refractivity contribution is 5.81. The number of methoxy groups -OCH3 is 1. The van der Waals surface area contributed by atoms with Gasteiger partial charge in [-0.1, -0.05) is 17.9 Å². The molecular formula is C16H15NO2. The molecule has 3 heteroatoms. The van der Waals surface area contributed by atoms with Gasteiger partial charge in [0.2, 0.25) is 0 Å². The highest BCUT2D eigenvalue weighted by Gasteiger charge is 1.90. The Labute approximate surface area is 113 Å². The molecule has 0 saturated carbocycles. The molecule has 0 unspecified atom stereocenters. The molecule has 0 spiro atoms. The Bertz CT molecular complexity index is 539. The van der Waals surface area contributed by atoms with Gasteiger partial charge in [-0.15, -0.1) is 0 Å². The fourth-order valence-corrected chi connectivity index (χ4v) is 1.35. The summed E-state index contributed by atoms with van der Waals surface area (Å²) in [6.07, 6.45) is 5.68. The van der Waals surface area contributed by atoms with Crippen LogP contribution in [0.4, 0.5) is 0 Å². The predicted octanol–water partition coefficient (Wildman–Crippen LogP) is 2.81. The lowest BCUT2D eigenvalue weighted by Crippen LogP contribution is -1.93. The lowest BCUT2D eigenvalue weighted by molar-refractivity contribution is -0.134. The molecule has 0 aromatic heterocycles. The van der Waals surface area contributed by atoms with Gasteiger partial charge in [0.15, 0.2) is 0 Å². The van der Waals surface area contributed by atoms with Crippen molar-refractivity contribution in [3.05, 3.63) is 47.5 Å². The van der Waals surface area contributed by atoms with Crippen LogP contribution in [0.15, 0.2) is 36.4 Å². The molecule has 0 atom stereocenters. The molecule has 96 valence electrons. The molecule has 1 aromatic rings. The Morgan fingerprint density at radius 3 is 2.63 bits per heavy atom. The van der Waals surface area contributed by atoms with Crippen LogP contribution >= 0.6 is 0 Å². The number of rotatable bonds is 4. The van der Waals surface area contributed by atoms with Crippen LogP contribution in [0.3, 0.4) is 0 Å². The number of hydrogen-bond donors (Lipinski definition) is 0. The molecule has 3 nitrogen and oxygen atoms in total. The summed E-state index contributed by atoms with van der Waals surface area (Å²) in [6, 6.07) is 9.24. The number of nitrogens with zero attached hydrogens (tertiary/aromatic N) is 1. The van der Waals surface area contributed by atoms with E-state index in [1.54, 1.807) is 18.2 Å². The lowest BCUT2D eigenvalue weighted by atomic mass is 10.1. The zero-order chi connectivity index (χ0) is 13.9. The summed E-state index contributed by atoms with van der Waals surface area (Å²) in [6.45, 7) is 0. The molecule has 1 aromatic carbocycles. The summed E-state index contributed by atoms with van der Waals surface area (Å²) in [4.78, 5) is 10.8. The van der Waals surface area contributed by atoms with Crippen molar-refractivity contribution in [1.29, 1.82) is 5.26 Å². The van der Waals surface area contributed by atoms with E-state index in [-0.39, 0.29) is 5.97 Å². The Kier molecular flexibility index (Phi) is 6.55. The molecule has 0 saturated heterocycles. The zero-order valence-electron chi connectivity index (χ0n) is 10.8. The van der Waals surface area contributed by atoms with E-state index >= 15 is 0 Å². The molecule has 0 aliphatic rings. The number of unbranched alkanes of at least 4 members (excludes halogenated alkanes) is 2. The summed E-state index contributed by atoms with van der Waals surface area (Å²) in [5.74, 6) is 5.76. The summed E-state index contributed by atoms with van der Waals surface area (Å²) in [7, 11) is 1.36. The first kappa shape index (κ1) is 14.5. The summed E-state index contributed by atoms with van der Waals surface area (Å²) < 4.78 is 4.48. The third-order valence-electron chi connectivity index (χ3n) is 2.37. The minimum atomic E-state index is -0.330. The van der Waals surface area contributed by atoms with Crippen LogP contribution in [0.5, 0.6) is 0 Å². The monoisotopic (exact) mass is 253 g/mol. The van der Waals surface area contributed by atoms with Gasteiger partial charge in [0.05, 0.1) is 18.7 Å². The van der Waals surface area contributed by atoms with Crippen molar-refractivity contribution in [3.63, 3.8) is 0 Å². The smallest absolute Gasteiger partial charge is 0.330 e. The van der Waals surface area contributed by atoms with Gasteiger partial charge in [0, 0.05) is 18.1 Å². The molecule has 0 aliphatic heterocycles. The second kappa shape index (κ2) is 8.55. The Morgan fingerprint density at radius 2 is 2.00 bits per heavy atom. The average Bonchev–Trinajstić information content (AvgIpc) is 2.46. The van der Waals surface area contributed by atoms with Crippen molar-refractivity contribution in [2.75, 3.05) is 7.11 Å². The molecule has 19 heavy (non-hydrogen) atoms. The second-order valence-corrected chi connectivity index (χ2v) is 3.81. The van der Waals surface area contributed by atoms with Gasteiger partial charge in [-0.3, -0.25) is 0 Å². The van der Waals surface area contributed by atoms with Gasteiger partial charge in [0.1, 0.15) is 0 Å². The summed E-state index contributed by atoms with van der Waals surface area (Å²) in [5, 5.41) is 8.66. The number of allylic oxidation sites excluding steroid dienone is 1. The first-order chi connectivity index (χ1) is 9.26. The van der Waals surface area contributed by atoms with Crippen molar-refractivity contribution in [2.24, 2.45) is 0 Å². The number of carbonyl (C=O) groups is 1. The average molecular weight is 253 g/mol. The SMILES string of the molecule is COC(=O)/C=C/CCCC#Cc1ccc(C#N)cc1. The minimum Gasteiger partial charge on any atom is -0.466 e. The lowest BCUT2D eigenvalue weighted by Gasteiger charge is -1.91. The molecule has 0 fully saturated rings. The van der Waals surface area contributed by atoms with Crippen LogP contribution in [0.1, 0.15) is 30.4 Å². The molecule has 0 N–H and O–H groups in total. The van der Waals surface area contributed by atoms with Crippen LogP contribution < -0.4 is 0 Å². The maximum Gasteiger partial charge on any atom is 0.330 e. The number of benzene rings is 1. The summed E-state index contributed by atoms with van der Waals surface area (Å²) >= 11 is 0. The highest BCUT2D eigenvalue weighted by atomic mass is 16.5. The molecule has 1 rings (SSSR count). The Balaban J connectivity index is 2.30. The van der Waals surface area contributed by atoms with Crippen molar-refractivity contribution >= 4 is 5.97 Å². The number of esters is 1. The molecule has 0 amide bonds. The van der Waals surface area contributed by atoms with Crippen LogP contribution in [0, 0.1) is 23.2 Å². The van der Waals surface area contributed by atoms with Gasteiger partial charge in [0.25, 0.3) is 0 Å². The number of carbonyl (C=O) groups excluding carboxylic acids is 1. The zero-order valence-corrected chi connectivity index (χ0v) is 10.8. The maximum absolute atomic E-state index is 10.8. The van der Waals surface area contributed by atoms with Crippen LogP contribution in [-0.4, -0.2) is 13.1 Å². The fourth-order valence-electron chi connectivity index (χ4n) is 1.35. The maximum atomic E-state index is 10.8. The quantitative estimate of drug-likeness (QED) is 0.359. The third kappa shape index (κ3) is 6.10. The first-order valence-corrected chi connectivity index (χ1v) is 6.00. The fraction of sp³-hybridized carbons (Fsp3) is 0.250. The van der Waals surface area contributed by atoms with E-state index in [1.165, 1.54) is 13.2 Å². The minimum absolute atomic E-state index is 0.330. The van der Waals surface area contributed by atoms with E-state index in [0.29, 0.717) is 5.56 Å². The third-order valence-corrected chi connectivity index (χ3v) is 2.37. The number of nitriles is 1. The summed E-state index contributed by atoms with van der Waals surface area (Å²) in [5.41, 5.74) is 1.54. The van der Waals surface area contributed by atoms with Crippen LogP contribution in [-0.2, 0) is 9.53 Å². The van der Waals surface area contributed by atoms with Crippen molar-refractivity contribution in [1.82, 2.24) is 0 Å².